The highest BCUT2D eigenvalue weighted by atomic mass is 19.1. The highest BCUT2D eigenvalue weighted by molar-refractivity contribution is 5.32. The molecule has 0 aromatic heterocycles. The van der Waals surface area contributed by atoms with Crippen molar-refractivity contribution in [3.05, 3.63) is 29.6 Å². The fourth-order valence-electron chi connectivity index (χ4n) is 1.08. The van der Waals surface area contributed by atoms with Crippen LogP contribution in [0.3, 0.4) is 0 Å². The molecule has 0 amide bonds. The number of epoxide rings is 1. The summed E-state index contributed by atoms with van der Waals surface area (Å²) in [6.07, 6.45) is 0.211. The van der Waals surface area contributed by atoms with Crippen LogP contribution in [-0.4, -0.2) is 19.3 Å². The Bertz CT molecular complexity index is 308. The zero-order valence-electron chi connectivity index (χ0n) is 7.42. The fraction of sp³-hybridized carbons (Fsp3) is 0.400. The van der Waals surface area contributed by atoms with Crippen molar-refractivity contribution in [2.75, 3.05) is 13.2 Å². The Morgan fingerprint density at radius 3 is 3.08 bits per heavy atom. The summed E-state index contributed by atoms with van der Waals surface area (Å²) in [5.41, 5.74) is 0.946. The number of ether oxygens (including phenoxy) is 2. The van der Waals surface area contributed by atoms with E-state index in [9.17, 15) is 4.39 Å². The quantitative estimate of drug-likeness (QED) is 0.666. The Morgan fingerprint density at radius 2 is 2.38 bits per heavy atom. The molecule has 1 aliphatic rings. The third kappa shape index (κ3) is 2.18. The Kier molecular flexibility index (Phi) is 2.19. The van der Waals surface area contributed by atoms with Gasteiger partial charge in [-0.15, -0.1) is 0 Å². The summed E-state index contributed by atoms with van der Waals surface area (Å²) in [4.78, 5) is 0. The normalized spacial score (nSPS) is 20.0. The molecule has 0 aliphatic carbocycles. The summed E-state index contributed by atoms with van der Waals surface area (Å²) < 4.78 is 23.1. The molecule has 70 valence electrons. The van der Waals surface area contributed by atoms with Crippen LogP contribution in [0.1, 0.15) is 5.56 Å². The summed E-state index contributed by atoms with van der Waals surface area (Å²) in [5.74, 6) is 0.341. The molecule has 1 fully saturated rings. The average Bonchev–Trinajstić information content (AvgIpc) is 2.90. The van der Waals surface area contributed by atoms with Gasteiger partial charge in [0.15, 0.2) is 0 Å². The van der Waals surface area contributed by atoms with Crippen LogP contribution < -0.4 is 4.74 Å². The number of rotatable bonds is 3. The Balaban J connectivity index is 2.03. The lowest BCUT2D eigenvalue weighted by Crippen LogP contribution is -2.05. The molecule has 1 heterocycles. The zero-order chi connectivity index (χ0) is 9.26. The molecule has 0 saturated carbocycles. The van der Waals surface area contributed by atoms with Gasteiger partial charge in [-0.2, -0.15) is 0 Å². The second-order valence-electron chi connectivity index (χ2n) is 3.18. The van der Waals surface area contributed by atoms with Crippen molar-refractivity contribution in [2.45, 2.75) is 13.0 Å². The first kappa shape index (κ1) is 8.51. The van der Waals surface area contributed by atoms with Gasteiger partial charge < -0.3 is 9.47 Å². The molecule has 2 rings (SSSR count). The van der Waals surface area contributed by atoms with Gasteiger partial charge in [-0.05, 0) is 18.6 Å². The molecule has 0 bridgehead atoms. The van der Waals surface area contributed by atoms with E-state index in [4.69, 9.17) is 9.47 Å². The minimum Gasteiger partial charge on any atom is -0.490 e. The van der Waals surface area contributed by atoms with Gasteiger partial charge in [0.25, 0.3) is 0 Å². The predicted octanol–water partition coefficient (Wildman–Crippen LogP) is 1.91. The number of halogens is 1. The molecule has 2 nitrogen and oxygen atoms in total. The van der Waals surface area contributed by atoms with Crippen molar-refractivity contribution in [3.8, 4) is 5.75 Å². The van der Waals surface area contributed by atoms with Crippen molar-refractivity contribution < 1.29 is 13.9 Å². The van der Waals surface area contributed by atoms with Crippen molar-refractivity contribution in [2.24, 2.45) is 0 Å². The predicted molar refractivity (Wildman–Crippen MR) is 46.4 cm³/mol. The first-order valence-electron chi connectivity index (χ1n) is 4.26. The summed E-state index contributed by atoms with van der Waals surface area (Å²) in [7, 11) is 0. The molecule has 0 spiro atoms. The van der Waals surface area contributed by atoms with E-state index in [0.717, 1.165) is 12.2 Å². The van der Waals surface area contributed by atoms with Crippen LogP contribution in [0.2, 0.25) is 0 Å². The van der Waals surface area contributed by atoms with Crippen LogP contribution in [0.15, 0.2) is 18.2 Å². The first-order valence-corrected chi connectivity index (χ1v) is 4.26. The molecule has 1 aromatic rings. The third-order valence-corrected chi connectivity index (χ3v) is 1.98. The molecule has 0 N–H and O–H groups in total. The van der Waals surface area contributed by atoms with Gasteiger partial charge >= 0.3 is 0 Å². The van der Waals surface area contributed by atoms with E-state index in [0.29, 0.717) is 12.4 Å². The molecule has 1 atom stereocenters. The number of benzene rings is 1. The van der Waals surface area contributed by atoms with Crippen LogP contribution in [-0.2, 0) is 4.74 Å². The molecule has 1 saturated heterocycles. The molecule has 1 unspecified atom stereocenters. The van der Waals surface area contributed by atoms with Gasteiger partial charge in [-0.25, -0.2) is 4.39 Å². The van der Waals surface area contributed by atoms with Gasteiger partial charge in [0.05, 0.1) is 6.61 Å². The van der Waals surface area contributed by atoms with Crippen molar-refractivity contribution in [1.82, 2.24) is 0 Å². The van der Waals surface area contributed by atoms with Crippen LogP contribution >= 0.6 is 0 Å². The van der Waals surface area contributed by atoms with Crippen LogP contribution in [0.4, 0.5) is 4.39 Å². The minimum atomic E-state index is -0.266. The van der Waals surface area contributed by atoms with Crippen molar-refractivity contribution in [1.29, 1.82) is 0 Å². The van der Waals surface area contributed by atoms with Gasteiger partial charge in [-0.1, -0.05) is 6.07 Å². The van der Waals surface area contributed by atoms with E-state index in [1.807, 2.05) is 6.92 Å². The maximum absolute atomic E-state index is 12.8. The maximum Gasteiger partial charge on any atom is 0.126 e. The zero-order valence-corrected chi connectivity index (χ0v) is 7.42. The van der Waals surface area contributed by atoms with Crippen LogP contribution in [0.25, 0.3) is 0 Å². The first-order chi connectivity index (χ1) is 6.25. The topological polar surface area (TPSA) is 21.8 Å². The lowest BCUT2D eigenvalue weighted by atomic mass is 10.2. The number of aryl methyl sites for hydroxylation is 1. The van der Waals surface area contributed by atoms with E-state index < -0.39 is 0 Å². The lowest BCUT2D eigenvalue weighted by molar-refractivity contribution is 0.261. The van der Waals surface area contributed by atoms with E-state index in [2.05, 4.69) is 0 Å². The molecule has 0 radical (unpaired) electrons. The second kappa shape index (κ2) is 3.34. The fourth-order valence-corrected chi connectivity index (χ4v) is 1.08. The standard InChI is InChI=1S/C10H11FO2/c1-7-2-3-8(11)4-10(7)13-6-9-5-12-9/h2-4,9H,5-6H2,1H3. The van der Waals surface area contributed by atoms with Crippen molar-refractivity contribution in [3.63, 3.8) is 0 Å². The van der Waals surface area contributed by atoms with E-state index in [1.54, 1.807) is 6.07 Å². The van der Waals surface area contributed by atoms with Gasteiger partial charge in [0.1, 0.15) is 24.3 Å². The molecular formula is C10H11FO2. The molecule has 13 heavy (non-hydrogen) atoms. The van der Waals surface area contributed by atoms with E-state index in [-0.39, 0.29) is 11.9 Å². The lowest BCUT2D eigenvalue weighted by Gasteiger charge is -2.06. The number of hydrogen-bond acceptors (Lipinski definition) is 2. The smallest absolute Gasteiger partial charge is 0.126 e. The molecule has 1 aliphatic heterocycles. The summed E-state index contributed by atoms with van der Waals surface area (Å²) >= 11 is 0. The maximum atomic E-state index is 12.8. The van der Waals surface area contributed by atoms with Gasteiger partial charge in [0.2, 0.25) is 0 Å². The Labute approximate surface area is 76.3 Å². The Hall–Kier alpha value is -1.09. The molecule has 3 heteroatoms. The van der Waals surface area contributed by atoms with Gasteiger partial charge in [-0.3, -0.25) is 0 Å². The van der Waals surface area contributed by atoms with Crippen LogP contribution in [0.5, 0.6) is 5.75 Å². The Morgan fingerprint density at radius 1 is 1.62 bits per heavy atom. The van der Waals surface area contributed by atoms with E-state index >= 15 is 0 Å². The number of hydrogen-bond donors (Lipinski definition) is 0. The van der Waals surface area contributed by atoms with Gasteiger partial charge in [0, 0.05) is 6.07 Å². The summed E-state index contributed by atoms with van der Waals surface area (Å²) in [6, 6.07) is 4.53. The summed E-state index contributed by atoms with van der Waals surface area (Å²) in [5, 5.41) is 0. The third-order valence-electron chi connectivity index (χ3n) is 1.98. The van der Waals surface area contributed by atoms with Crippen LogP contribution in [0, 0.1) is 12.7 Å². The monoisotopic (exact) mass is 182 g/mol. The largest absolute Gasteiger partial charge is 0.490 e. The second-order valence-corrected chi connectivity index (χ2v) is 3.18. The highest BCUT2D eigenvalue weighted by Gasteiger charge is 2.23. The molecular weight excluding hydrogens is 171 g/mol. The average molecular weight is 182 g/mol. The highest BCUT2D eigenvalue weighted by Crippen LogP contribution is 2.20. The SMILES string of the molecule is Cc1ccc(F)cc1OCC1CO1. The minimum absolute atomic E-state index is 0.211. The molecule has 1 aromatic carbocycles. The summed E-state index contributed by atoms with van der Waals surface area (Å²) in [6.45, 7) is 3.17. The van der Waals surface area contributed by atoms with Crippen molar-refractivity contribution >= 4 is 0 Å². The van der Waals surface area contributed by atoms with E-state index in [1.165, 1.54) is 12.1 Å².